The Hall–Kier alpha value is -1.16. The zero-order chi connectivity index (χ0) is 12.1. The van der Waals surface area contributed by atoms with E-state index in [1.165, 1.54) is 19.0 Å². The molecule has 2 heterocycles. The van der Waals surface area contributed by atoms with E-state index in [0.29, 0.717) is 6.04 Å². The van der Waals surface area contributed by atoms with E-state index in [1.54, 1.807) is 12.3 Å². The van der Waals surface area contributed by atoms with Gasteiger partial charge in [0, 0.05) is 19.1 Å². The van der Waals surface area contributed by atoms with Crippen molar-refractivity contribution in [2.24, 2.45) is 0 Å². The Labute approximate surface area is 102 Å². The molecule has 0 radical (unpaired) electrons. The average molecular weight is 237 g/mol. The third-order valence-electron chi connectivity index (χ3n) is 3.23. The first-order valence-corrected chi connectivity index (χ1v) is 6.38. The van der Waals surface area contributed by atoms with Crippen LogP contribution in [0.15, 0.2) is 18.3 Å². The molecule has 0 aliphatic carbocycles. The van der Waals surface area contributed by atoms with Crippen LogP contribution >= 0.6 is 0 Å². The monoisotopic (exact) mass is 237 g/mol. The lowest BCUT2D eigenvalue weighted by Gasteiger charge is -2.32. The number of piperidine rings is 1. The summed E-state index contributed by atoms with van der Waals surface area (Å²) in [4.78, 5) is 6.15. The van der Waals surface area contributed by atoms with Crippen molar-refractivity contribution in [1.29, 1.82) is 0 Å². The maximum absolute atomic E-state index is 12.7. The lowest BCUT2D eigenvalue weighted by atomic mass is 10.0. The molecule has 0 aromatic carbocycles. The van der Waals surface area contributed by atoms with E-state index in [9.17, 15) is 4.39 Å². The first-order chi connectivity index (χ1) is 8.28. The number of halogens is 1. The molecule has 0 spiro atoms. The first-order valence-electron chi connectivity index (χ1n) is 6.38. The highest BCUT2D eigenvalue weighted by molar-refractivity contribution is 5.41. The van der Waals surface area contributed by atoms with Gasteiger partial charge in [-0.25, -0.2) is 4.98 Å². The fourth-order valence-electron chi connectivity index (χ4n) is 2.31. The summed E-state index contributed by atoms with van der Waals surface area (Å²) in [6, 6.07) is 3.64. The Kier molecular flexibility index (Phi) is 4.31. The van der Waals surface area contributed by atoms with Crippen LogP contribution in [-0.4, -0.2) is 35.6 Å². The number of nitrogens with zero attached hydrogens (tertiary/aromatic N) is 2. The van der Waals surface area contributed by atoms with Gasteiger partial charge in [0.1, 0.15) is 0 Å². The molecule has 0 unspecified atom stereocenters. The van der Waals surface area contributed by atoms with Gasteiger partial charge < -0.3 is 10.2 Å². The lowest BCUT2D eigenvalue weighted by Crippen LogP contribution is -2.39. The molecule has 0 saturated carbocycles. The first kappa shape index (κ1) is 12.3. The van der Waals surface area contributed by atoms with Crippen LogP contribution in [0, 0.1) is 5.95 Å². The second-order valence-corrected chi connectivity index (χ2v) is 4.63. The second-order valence-electron chi connectivity index (χ2n) is 4.63. The Morgan fingerprint density at radius 1 is 1.41 bits per heavy atom. The van der Waals surface area contributed by atoms with Crippen molar-refractivity contribution in [3.8, 4) is 0 Å². The molecule has 0 amide bonds. The van der Waals surface area contributed by atoms with Gasteiger partial charge in [0.15, 0.2) is 0 Å². The fourth-order valence-corrected chi connectivity index (χ4v) is 2.31. The summed E-state index contributed by atoms with van der Waals surface area (Å²) < 4.78 is 12.7. The molecule has 0 atom stereocenters. The molecule has 1 aromatic rings. The van der Waals surface area contributed by atoms with E-state index < -0.39 is 5.95 Å². The Bertz CT molecular complexity index is 331. The minimum atomic E-state index is -0.423. The quantitative estimate of drug-likeness (QED) is 0.816. The van der Waals surface area contributed by atoms with Crippen molar-refractivity contribution < 1.29 is 4.39 Å². The highest BCUT2D eigenvalue weighted by atomic mass is 19.1. The van der Waals surface area contributed by atoms with Gasteiger partial charge in [0.05, 0.1) is 11.9 Å². The number of anilines is 1. The van der Waals surface area contributed by atoms with Crippen LogP contribution in [0.1, 0.15) is 26.2 Å². The normalized spacial score (nSPS) is 18.2. The summed E-state index contributed by atoms with van der Waals surface area (Å²) in [6.45, 7) is 5.72. The van der Waals surface area contributed by atoms with Crippen molar-refractivity contribution in [2.45, 2.75) is 32.2 Å². The number of hydrogen-bond acceptors (Lipinski definition) is 3. The Morgan fingerprint density at radius 3 is 2.76 bits per heavy atom. The molecule has 1 fully saturated rings. The minimum Gasteiger partial charge on any atom is -0.381 e. The number of hydrogen-bond donors (Lipinski definition) is 1. The van der Waals surface area contributed by atoms with Crippen LogP contribution in [-0.2, 0) is 0 Å². The Morgan fingerprint density at radius 2 is 2.18 bits per heavy atom. The fraction of sp³-hybridized carbons (Fsp3) is 0.615. The van der Waals surface area contributed by atoms with Crippen molar-refractivity contribution >= 4 is 5.69 Å². The van der Waals surface area contributed by atoms with E-state index in [4.69, 9.17) is 0 Å². The van der Waals surface area contributed by atoms with Gasteiger partial charge in [-0.05, 0) is 37.9 Å². The van der Waals surface area contributed by atoms with Gasteiger partial charge >= 0.3 is 0 Å². The topological polar surface area (TPSA) is 28.2 Å². The maximum atomic E-state index is 12.7. The van der Waals surface area contributed by atoms with Crippen molar-refractivity contribution in [3.05, 3.63) is 24.3 Å². The molecular weight excluding hydrogens is 217 g/mol. The zero-order valence-electron chi connectivity index (χ0n) is 10.3. The standard InChI is InChI=1S/C13H20FN3/c1-2-7-17-8-5-11(6-9-17)16-12-3-4-13(14)15-10-12/h3-4,10-11,16H,2,5-9H2,1H3. The summed E-state index contributed by atoms with van der Waals surface area (Å²) in [6.07, 6.45) is 5.09. The van der Waals surface area contributed by atoms with E-state index in [0.717, 1.165) is 31.6 Å². The van der Waals surface area contributed by atoms with Crippen LogP contribution in [0.5, 0.6) is 0 Å². The van der Waals surface area contributed by atoms with Gasteiger partial charge in [-0.1, -0.05) is 6.92 Å². The predicted molar refractivity (Wildman–Crippen MR) is 67.6 cm³/mol. The highest BCUT2D eigenvalue weighted by Crippen LogP contribution is 2.16. The number of nitrogens with one attached hydrogen (secondary N) is 1. The van der Waals surface area contributed by atoms with Crippen LogP contribution < -0.4 is 5.32 Å². The third-order valence-corrected chi connectivity index (χ3v) is 3.23. The number of aromatic nitrogens is 1. The number of rotatable bonds is 4. The summed E-state index contributed by atoms with van der Waals surface area (Å²) in [7, 11) is 0. The van der Waals surface area contributed by atoms with E-state index in [2.05, 4.69) is 22.1 Å². The summed E-state index contributed by atoms with van der Waals surface area (Å²) >= 11 is 0. The molecule has 3 nitrogen and oxygen atoms in total. The Balaban J connectivity index is 1.79. The van der Waals surface area contributed by atoms with Gasteiger partial charge in [-0.3, -0.25) is 0 Å². The molecule has 1 N–H and O–H groups in total. The van der Waals surface area contributed by atoms with Gasteiger partial charge in [-0.15, -0.1) is 0 Å². The molecule has 2 rings (SSSR count). The van der Waals surface area contributed by atoms with Crippen LogP contribution in [0.4, 0.5) is 10.1 Å². The molecule has 1 saturated heterocycles. The summed E-state index contributed by atoms with van der Waals surface area (Å²) in [5.74, 6) is -0.423. The van der Waals surface area contributed by atoms with Crippen molar-refractivity contribution in [2.75, 3.05) is 25.0 Å². The molecule has 17 heavy (non-hydrogen) atoms. The van der Waals surface area contributed by atoms with Gasteiger partial charge in [0.25, 0.3) is 0 Å². The molecule has 0 bridgehead atoms. The molecule has 1 aromatic heterocycles. The molecule has 1 aliphatic rings. The number of pyridine rings is 1. The van der Waals surface area contributed by atoms with E-state index in [-0.39, 0.29) is 0 Å². The van der Waals surface area contributed by atoms with E-state index in [1.807, 2.05) is 0 Å². The maximum Gasteiger partial charge on any atom is 0.212 e. The lowest BCUT2D eigenvalue weighted by molar-refractivity contribution is 0.219. The second kappa shape index (κ2) is 5.96. The van der Waals surface area contributed by atoms with E-state index >= 15 is 0 Å². The van der Waals surface area contributed by atoms with Gasteiger partial charge in [0.2, 0.25) is 5.95 Å². The highest BCUT2D eigenvalue weighted by Gasteiger charge is 2.18. The third kappa shape index (κ3) is 3.66. The van der Waals surface area contributed by atoms with Gasteiger partial charge in [-0.2, -0.15) is 4.39 Å². The van der Waals surface area contributed by atoms with Crippen molar-refractivity contribution in [1.82, 2.24) is 9.88 Å². The molecule has 1 aliphatic heterocycles. The van der Waals surface area contributed by atoms with Crippen LogP contribution in [0.25, 0.3) is 0 Å². The average Bonchev–Trinajstić information content (AvgIpc) is 2.35. The predicted octanol–water partition coefficient (Wildman–Crippen LogP) is 2.51. The largest absolute Gasteiger partial charge is 0.381 e. The molecular formula is C13H20FN3. The summed E-state index contributed by atoms with van der Waals surface area (Å²) in [5.41, 5.74) is 0.917. The van der Waals surface area contributed by atoms with Crippen molar-refractivity contribution in [3.63, 3.8) is 0 Å². The number of likely N-dealkylation sites (tertiary alicyclic amines) is 1. The van der Waals surface area contributed by atoms with Crippen LogP contribution in [0.2, 0.25) is 0 Å². The summed E-state index contributed by atoms with van der Waals surface area (Å²) in [5, 5.41) is 3.41. The molecule has 4 heteroatoms. The molecule has 94 valence electrons. The zero-order valence-corrected chi connectivity index (χ0v) is 10.3. The smallest absolute Gasteiger partial charge is 0.212 e. The minimum absolute atomic E-state index is 0.423. The van der Waals surface area contributed by atoms with Crippen LogP contribution in [0.3, 0.4) is 0 Å². The SMILES string of the molecule is CCCN1CCC(Nc2ccc(F)nc2)CC1.